The molecule has 0 aromatic rings. The van der Waals surface area contributed by atoms with Gasteiger partial charge in [-0.3, -0.25) is 9.13 Å². The average Bonchev–Trinajstić information content (AvgIpc) is 1.79. The number of hydrogen-bond donors (Lipinski definition) is 2. The molecule has 0 unspecified atom stereocenters. The van der Waals surface area contributed by atoms with Crippen molar-refractivity contribution >= 4 is 77.8 Å². The molecule has 0 bridgehead atoms. The van der Waals surface area contributed by atoms with Crippen LogP contribution in [-0.4, -0.2) is 13.1 Å². The fraction of sp³-hybridized carbons (Fsp3) is 1.00. The van der Waals surface area contributed by atoms with Crippen LogP contribution in [0.2, 0.25) is 0 Å². The van der Waals surface area contributed by atoms with Crippen molar-refractivity contribution < 1.29 is 9.13 Å². The Morgan fingerprint density at radius 3 is 0.786 bits per heavy atom. The first kappa shape index (κ1) is 21.4. The SMILES string of the molecule is NCCN.O=P(Cl)(Cl)Cl.O=P(Cl)(Cl)Cl. The minimum absolute atomic E-state index is 0.597. The summed E-state index contributed by atoms with van der Waals surface area (Å²) in [6.07, 6.45) is 0. The minimum Gasteiger partial charge on any atom is -0.329 e. The number of hydrogen-bond acceptors (Lipinski definition) is 4. The van der Waals surface area contributed by atoms with Gasteiger partial charge in [0.25, 0.3) is 0 Å². The van der Waals surface area contributed by atoms with Gasteiger partial charge in [0.05, 0.1) is 0 Å². The Labute approximate surface area is 111 Å². The van der Waals surface area contributed by atoms with E-state index in [9.17, 15) is 9.13 Å². The highest BCUT2D eigenvalue weighted by Crippen LogP contribution is 2.61. The predicted octanol–water partition coefficient (Wildman–Crippen LogP) is 4.53. The smallest absolute Gasteiger partial charge is 0.329 e. The molecule has 0 heterocycles. The molecule has 0 aliphatic carbocycles. The van der Waals surface area contributed by atoms with E-state index in [0.717, 1.165) is 0 Å². The summed E-state index contributed by atoms with van der Waals surface area (Å²) in [6.45, 7) is 1.19. The maximum Gasteiger partial charge on any atom is 0.339 e. The largest absolute Gasteiger partial charge is 0.339 e. The molecular weight excluding hydrogens is 359 g/mol. The van der Waals surface area contributed by atoms with Gasteiger partial charge in [0.2, 0.25) is 0 Å². The Morgan fingerprint density at radius 2 is 0.786 bits per heavy atom. The zero-order chi connectivity index (χ0) is 12.4. The van der Waals surface area contributed by atoms with Gasteiger partial charge in [-0.25, -0.2) is 0 Å². The molecular formula is C2H8Cl6N2O2P2. The van der Waals surface area contributed by atoms with Crippen LogP contribution in [0.25, 0.3) is 0 Å². The lowest BCUT2D eigenvalue weighted by molar-refractivity contribution is 0.599. The van der Waals surface area contributed by atoms with E-state index in [4.69, 9.17) is 11.5 Å². The maximum absolute atomic E-state index is 9.51. The highest BCUT2D eigenvalue weighted by Gasteiger charge is 2.03. The van der Waals surface area contributed by atoms with Gasteiger partial charge >= 0.3 is 10.4 Å². The highest BCUT2D eigenvalue weighted by molar-refractivity contribution is 8.25. The molecule has 0 radical (unpaired) electrons. The molecule has 0 saturated carbocycles. The summed E-state index contributed by atoms with van der Waals surface area (Å²) in [5, 5.41) is -6.44. The molecule has 0 atom stereocenters. The molecule has 0 amide bonds. The van der Waals surface area contributed by atoms with Crippen molar-refractivity contribution in [1.29, 1.82) is 0 Å². The predicted molar refractivity (Wildman–Crippen MR) is 68.4 cm³/mol. The molecule has 0 aliphatic rings. The zero-order valence-electron chi connectivity index (χ0n) is 6.55. The summed E-state index contributed by atoms with van der Waals surface area (Å²) in [7, 11) is 0. The van der Waals surface area contributed by atoms with Crippen molar-refractivity contribution in [2.24, 2.45) is 11.5 Å². The fourth-order valence-electron chi connectivity index (χ4n) is 0. The van der Waals surface area contributed by atoms with E-state index < -0.39 is 10.4 Å². The van der Waals surface area contributed by atoms with Gasteiger partial charge in [-0.1, -0.05) is 0 Å². The average molecular weight is 367 g/mol. The Morgan fingerprint density at radius 1 is 0.714 bits per heavy atom. The summed E-state index contributed by atoms with van der Waals surface area (Å²) in [5.41, 5.74) is 9.81. The van der Waals surface area contributed by atoms with Gasteiger partial charge in [0.15, 0.2) is 0 Å². The lowest BCUT2D eigenvalue weighted by atomic mass is 10.7. The number of rotatable bonds is 1. The molecule has 90 valence electrons. The van der Waals surface area contributed by atoms with Crippen molar-refractivity contribution in [3.8, 4) is 0 Å². The van der Waals surface area contributed by atoms with Crippen molar-refractivity contribution in [2.75, 3.05) is 13.1 Å². The van der Waals surface area contributed by atoms with Gasteiger partial charge < -0.3 is 11.5 Å². The molecule has 12 heteroatoms. The molecule has 4 N–H and O–H groups in total. The normalized spacial score (nSPS) is 10.6. The van der Waals surface area contributed by atoms with Crippen LogP contribution in [0.3, 0.4) is 0 Å². The topological polar surface area (TPSA) is 86.2 Å². The summed E-state index contributed by atoms with van der Waals surface area (Å²) >= 11 is 27.7. The van der Waals surface area contributed by atoms with E-state index in [1.54, 1.807) is 0 Å². The monoisotopic (exact) mass is 364 g/mol. The molecule has 0 saturated heterocycles. The lowest BCUT2D eigenvalue weighted by Crippen LogP contribution is -2.11. The van der Waals surface area contributed by atoms with Crippen molar-refractivity contribution in [3.63, 3.8) is 0 Å². The first-order valence-electron chi connectivity index (χ1n) is 2.70. The van der Waals surface area contributed by atoms with Crippen LogP contribution < -0.4 is 11.5 Å². The third-order valence-corrected chi connectivity index (χ3v) is 0.167. The van der Waals surface area contributed by atoms with Crippen LogP contribution in [0, 0.1) is 0 Å². The molecule has 0 aliphatic heterocycles. The van der Waals surface area contributed by atoms with E-state index in [1.807, 2.05) is 0 Å². The van der Waals surface area contributed by atoms with Gasteiger partial charge in [0.1, 0.15) is 0 Å². The van der Waals surface area contributed by atoms with Crippen LogP contribution in [0.5, 0.6) is 0 Å². The Hall–Kier alpha value is 2.12. The van der Waals surface area contributed by atoms with Gasteiger partial charge in [0, 0.05) is 13.1 Å². The maximum atomic E-state index is 9.51. The first-order chi connectivity index (χ1) is 5.91. The highest BCUT2D eigenvalue weighted by atomic mass is 36.1. The van der Waals surface area contributed by atoms with E-state index in [2.05, 4.69) is 67.4 Å². The number of halogens is 6. The Bertz CT molecular complexity index is 163. The third kappa shape index (κ3) is 250. The second-order valence-corrected chi connectivity index (χ2v) is 14.7. The minimum atomic E-state index is -3.22. The van der Waals surface area contributed by atoms with Gasteiger partial charge in [-0.15, -0.1) is 0 Å². The van der Waals surface area contributed by atoms with Crippen molar-refractivity contribution in [2.45, 2.75) is 0 Å². The van der Waals surface area contributed by atoms with Gasteiger partial charge in [-0.05, 0) is 67.4 Å². The lowest BCUT2D eigenvalue weighted by Gasteiger charge is -1.74. The Kier molecular flexibility index (Phi) is 17.7. The summed E-state index contributed by atoms with van der Waals surface area (Å²) < 4.78 is 19.0. The Balaban J connectivity index is -0.000000131. The third-order valence-electron chi connectivity index (χ3n) is 0.167. The molecule has 0 aromatic carbocycles. The van der Waals surface area contributed by atoms with Crippen LogP contribution in [0.1, 0.15) is 0 Å². The zero-order valence-corrected chi connectivity index (χ0v) is 12.9. The van der Waals surface area contributed by atoms with E-state index in [1.165, 1.54) is 0 Å². The quantitative estimate of drug-likeness (QED) is 0.668. The van der Waals surface area contributed by atoms with Crippen molar-refractivity contribution in [3.05, 3.63) is 0 Å². The fourth-order valence-corrected chi connectivity index (χ4v) is 0. The summed E-state index contributed by atoms with van der Waals surface area (Å²) in [5.74, 6) is 0. The van der Waals surface area contributed by atoms with E-state index >= 15 is 0 Å². The molecule has 0 aromatic heterocycles. The van der Waals surface area contributed by atoms with Crippen LogP contribution in [0.15, 0.2) is 0 Å². The molecule has 0 fully saturated rings. The summed E-state index contributed by atoms with van der Waals surface area (Å²) in [4.78, 5) is 0. The van der Waals surface area contributed by atoms with Crippen molar-refractivity contribution in [1.82, 2.24) is 0 Å². The van der Waals surface area contributed by atoms with E-state index in [0.29, 0.717) is 13.1 Å². The number of nitrogens with two attached hydrogens (primary N) is 2. The molecule has 0 spiro atoms. The van der Waals surface area contributed by atoms with Gasteiger partial charge in [-0.2, -0.15) is 0 Å². The van der Waals surface area contributed by atoms with E-state index in [-0.39, 0.29) is 0 Å². The second-order valence-electron chi connectivity index (χ2n) is 1.37. The summed E-state index contributed by atoms with van der Waals surface area (Å²) in [6, 6.07) is 0. The molecule has 4 nitrogen and oxygen atoms in total. The van der Waals surface area contributed by atoms with Crippen LogP contribution >= 0.6 is 77.8 Å². The van der Waals surface area contributed by atoms with Crippen LogP contribution in [-0.2, 0) is 9.13 Å². The second kappa shape index (κ2) is 11.6. The first-order valence-corrected chi connectivity index (χ1v) is 11.5. The molecule has 0 rings (SSSR count). The standard InChI is InChI=1S/C2H8N2.2Cl3OP/c3-1-2-4;2*1-5(2,3)4/h1-4H2;;. The molecule has 14 heavy (non-hydrogen) atoms. The van der Waals surface area contributed by atoms with Crippen LogP contribution in [0.4, 0.5) is 0 Å².